The summed E-state index contributed by atoms with van der Waals surface area (Å²) in [7, 11) is 0. The van der Waals surface area contributed by atoms with E-state index < -0.39 is 5.66 Å². The van der Waals surface area contributed by atoms with Crippen LogP contribution in [0.5, 0.6) is 0 Å². The van der Waals surface area contributed by atoms with Crippen LogP contribution in [-0.4, -0.2) is 64.9 Å². The molecule has 0 saturated carbocycles. The summed E-state index contributed by atoms with van der Waals surface area (Å²) in [6.45, 7) is 12.2. The molecule has 3 rings (SSSR count). The van der Waals surface area contributed by atoms with Crippen molar-refractivity contribution in [1.82, 2.24) is 15.1 Å². The van der Waals surface area contributed by atoms with E-state index in [1.807, 2.05) is 19.1 Å². The largest absolute Gasteiger partial charge is 0.355 e. The zero-order chi connectivity index (χ0) is 22.1. The SMILES string of the molecule is CC(C)N(CCNC(=O)CCN1C(=O)c2ccccc2N2C(=O)CCC12C)C(C)C. The fourth-order valence-electron chi connectivity index (χ4n) is 4.78. The topological polar surface area (TPSA) is 73.0 Å². The number of carbonyl (C=O) groups excluding carboxylic acids is 3. The Kier molecular flexibility index (Phi) is 6.50. The predicted molar refractivity (Wildman–Crippen MR) is 117 cm³/mol. The number of rotatable bonds is 8. The number of hydrogen-bond donors (Lipinski definition) is 1. The second kappa shape index (κ2) is 8.76. The summed E-state index contributed by atoms with van der Waals surface area (Å²) in [5.74, 6) is -0.166. The highest BCUT2D eigenvalue weighted by molar-refractivity contribution is 6.10. The monoisotopic (exact) mass is 414 g/mol. The number of fused-ring (bicyclic) bond motifs is 3. The summed E-state index contributed by atoms with van der Waals surface area (Å²) in [4.78, 5) is 44.0. The van der Waals surface area contributed by atoms with Crippen LogP contribution in [0.15, 0.2) is 24.3 Å². The van der Waals surface area contributed by atoms with Gasteiger partial charge in [-0.05, 0) is 53.2 Å². The summed E-state index contributed by atoms with van der Waals surface area (Å²) >= 11 is 0. The molecule has 0 radical (unpaired) electrons. The van der Waals surface area contributed by atoms with Gasteiger partial charge in [-0.25, -0.2) is 0 Å². The fraction of sp³-hybridized carbons (Fsp3) is 0.609. The lowest BCUT2D eigenvalue weighted by molar-refractivity contribution is -0.121. The van der Waals surface area contributed by atoms with Gasteiger partial charge in [-0.15, -0.1) is 0 Å². The number of nitrogens with zero attached hydrogens (tertiary/aromatic N) is 3. The third-order valence-corrected chi connectivity index (χ3v) is 6.33. The Morgan fingerprint density at radius 1 is 1.17 bits per heavy atom. The highest BCUT2D eigenvalue weighted by atomic mass is 16.2. The molecule has 0 aromatic heterocycles. The maximum absolute atomic E-state index is 13.2. The highest BCUT2D eigenvalue weighted by Gasteiger charge is 2.52. The zero-order valence-electron chi connectivity index (χ0n) is 18.8. The first-order valence-electron chi connectivity index (χ1n) is 10.9. The molecular weight excluding hydrogens is 380 g/mol. The van der Waals surface area contributed by atoms with E-state index >= 15 is 0 Å². The van der Waals surface area contributed by atoms with Crippen molar-refractivity contribution in [1.29, 1.82) is 0 Å². The van der Waals surface area contributed by atoms with Gasteiger partial charge in [0.05, 0.1) is 11.3 Å². The fourth-order valence-corrected chi connectivity index (χ4v) is 4.78. The average Bonchev–Trinajstić information content (AvgIpc) is 2.99. The number of hydrogen-bond acceptors (Lipinski definition) is 4. The van der Waals surface area contributed by atoms with Crippen molar-refractivity contribution in [2.75, 3.05) is 24.5 Å². The van der Waals surface area contributed by atoms with Gasteiger partial charge in [0.1, 0.15) is 5.66 Å². The molecule has 1 fully saturated rings. The number of benzene rings is 1. The second-order valence-electron chi connectivity index (χ2n) is 8.95. The number of anilines is 1. The first-order valence-corrected chi connectivity index (χ1v) is 10.9. The molecule has 1 unspecified atom stereocenters. The molecule has 1 aromatic carbocycles. The molecule has 2 aliphatic rings. The lowest BCUT2D eigenvalue weighted by Gasteiger charge is -2.48. The molecular formula is C23H34N4O3. The molecule has 1 saturated heterocycles. The van der Waals surface area contributed by atoms with Crippen LogP contribution in [0, 0.1) is 0 Å². The van der Waals surface area contributed by atoms with Crippen molar-refractivity contribution < 1.29 is 14.4 Å². The lowest BCUT2D eigenvalue weighted by atomic mass is 9.98. The van der Waals surface area contributed by atoms with Crippen LogP contribution < -0.4 is 10.2 Å². The Balaban J connectivity index is 1.64. The van der Waals surface area contributed by atoms with Crippen LogP contribution in [0.1, 0.15) is 64.2 Å². The summed E-state index contributed by atoms with van der Waals surface area (Å²) in [5.41, 5.74) is 0.486. The van der Waals surface area contributed by atoms with Crippen LogP contribution in [0.25, 0.3) is 0 Å². The van der Waals surface area contributed by atoms with Gasteiger partial charge in [0, 0.05) is 44.6 Å². The normalized spacial score (nSPS) is 20.9. The Hall–Kier alpha value is -2.41. The second-order valence-corrected chi connectivity index (χ2v) is 8.95. The zero-order valence-corrected chi connectivity index (χ0v) is 18.8. The average molecular weight is 415 g/mol. The molecule has 164 valence electrons. The Bertz CT molecular complexity index is 814. The van der Waals surface area contributed by atoms with Gasteiger partial charge in [-0.2, -0.15) is 0 Å². The minimum atomic E-state index is -0.713. The third kappa shape index (κ3) is 4.08. The van der Waals surface area contributed by atoms with Gasteiger partial charge in [0.25, 0.3) is 5.91 Å². The first-order chi connectivity index (χ1) is 14.2. The minimum absolute atomic E-state index is 0.0226. The molecule has 2 aliphatic heterocycles. The molecule has 1 aromatic rings. The van der Waals surface area contributed by atoms with Crippen molar-refractivity contribution in [3.8, 4) is 0 Å². The van der Waals surface area contributed by atoms with Crippen molar-refractivity contribution >= 4 is 23.4 Å². The van der Waals surface area contributed by atoms with Crippen LogP contribution in [0.2, 0.25) is 0 Å². The summed E-state index contributed by atoms with van der Waals surface area (Å²) in [5, 5.41) is 2.98. The van der Waals surface area contributed by atoms with Crippen molar-refractivity contribution in [3.05, 3.63) is 29.8 Å². The molecule has 0 spiro atoms. The number of amides is 3. The molecule has 0 aliphatic carbocycles. The molecule has 7 nitrogen and oxygen atoms in total. The van der Waals surface area contributed by atoms with Crippen molar-refractivity contribution in [3.63, 3.8) is 0 Å². The van der Waals surface area contributed by atoms with E-state index in [4.69, 9.17) is 0 Å². The van der Waals surface area contributed by atoms with E-state index in [1.54, 1.807) is 21.9 Å². The van der Waals surface area contributed by atoms with E-state index in [0.29, 0.717) is 42.7 Å². The molecule has 2 heterocycles. The highest BCUT2D eigenvalue weighted by Crippen LogP contribution is 2.43. The maximum Gasteiger partial charge on any atom is 0.257 e. The minimum Gasteiger partial charge on any atom is -0.355 e. The third-order valence-electron chi connectivity index (χ3n) is 6.33. The van der Waals surface area contributed by atoms with E-state index in [0.717, 1.165) is 6.54 Å². The molecule has 30 heavy (non-hydrogen) atoms. The van der Waals surface area contributed by atoms with E-state index in [2.05, 4.69) is 37.9 Å². The van der Waals surface area contributed by atoms with E-state index in [-0.39, 0.29) is 30.7 Å². The van der Waals surface area contributed by atoms with Crippen LogP contribution in [0.4, 0.5) is 5.69 Å². The molecule has 0 bridgehead atoms. The van der Waals surface area contributed by atoms with Gasteiger partial charge < -0.3 is 10.2 Å². The standard InChI is InChI=1S/C23H34N4O3/c1-16(2)25(17(3)4)15-13-24-20(28)11-14-26-22(30)18-8-6-7-9-19(18)27-21(29)10-12-23(26,27)5/h6-9,16-17H,10-15H2,1-5H3,(H,24,28). The van der Waals surface area contributed by atoms with Gasteiger partial charge >= 0.3 is 0 Å². The Morgan fingerprint density at radius 3 is 2.50 bits per heavy atom. The van der Waals surface area contributed by atoms with Crippen molar-refractivity contribution in [2.24, 2.45) is 0 Å². The number of carbonyl (C=O) groups is 3. The summed E-state index contributed by atoms with van der Waals surface area (Å²) in [6, 6.07) is 8.06. The quantitative estimate of drug-likeness (QED) is 0.710. The van der Waals surface area contributed by atoms with Gasteiger partial charge in [0.15, 0.2) is 0 Å². The van der Waals surface area contributed by atoms with Crippen LogP contribution in [0.3, 0.4) is 0 Å². The van der Waals surface area contributed by atoms with Crippen LogP contribution >= 0.6 is 0 Å². The van der Waals surface area contributed by atoms with E-state index in [1.165, 1.54) is 0 Å². The van der Waals surface area contributed by atoms with Crippen LogP contribution in [-0.2, 0) is 9.59 Å². The maximum atomic E-state index is 13.2. The van der Waals surface area contributed by atoms with Crippen molar-refractivity contribution in [2.45, 2.75) is 71.6 Å². The Morgan fingerprint density at radius 2 is 1.83 bits per heavy atom. The number of para-hydroxylation sites is 1. The van der Waals surface area contributed by atoms with Gasteiger partial charge in [0.2, 0.25) is 11.8 Å². The summed E-state index contributed by atoms with van der Waals surface area (Å²) < 4.78 is 0. The first kappa shape index (κ1) is 22.3. The molecule has 7 heteroatoms. The van der Waals surface area contributed by atoms with E-state index in [9.17, 15) is 14.4 Å². The summed E-state index contributed by atoms with van der Waals surface area (Å²) in [6.07, 6.45) is 1.20. The smallest absolute Gasteiger partial charge is 0.257 e. The molecule has 3 amide bonds. The van der Waals surface area contributed by atoms with Gasteiger partial charge in [-0.3, -0.25) is 24.2 Å². The number of nitrogens with one attached hydrogen (secondary N) is 1. The molecule has 1 atom stereocenters. The lowest BCUT2D eigenvalue weighted by Crippen LogP contribution is -2.62. The molecule has 1 N–H and O–H groups in total. The predicted octanol–water partition coefficient (Wildman–Crippen LogP) is 2.61. The van der Waals surface area contributed by atoms with Gasteiger partial charge in [-0.1, -0.05) is 12.1 Å². The Labute approximate surface area is 179 Å².